The number of hydrogen-bond donors (Lipinski definition) is 0. The number of aromatic nitrogens is 2. The topological polar surface area (TPSA) is 67.8 Å². The summed E-state index contributed by atoms with van der Waals surface area (Å²) in [6.45, 7) is 0.702. The van der Waals surface area contributed by atoms with E-state index < -0.39 is 5.56 Å². The van der Waals surface area contributed by atoms with Gasteiger partial charge in [-0.05, 0) is 30.5 Å². The van der Waals surface area contributed by atoms with Gasteiger partial charge in [0.25, 0.3) is 5.56 Å². The largest absolute Gasteiger partial charge is 0.331 e. The first kappa shape index (κ1) is 13.7. The van der Waals surface area contributed by atoms with Gasteiger partial charge in [-0.1, -0.05) is 23.7 Å². The third-order valence-corrected chi connectivity index (χ3v) is 3.95. The highest BCUT2D eigenvalue weighted by atomic mass is 35.5. The summed E-state index contributed by atoms with van der Waals surface area (Å²) in [6, 6.07) is 8.88. The van der Waals surface area contributed by atoms with Gasteiger partial charge in [-0.15, -0.1) is 0 Å². The summed E-state index contributed by atoms with van der Waals surface area (Å²) in [5.74, 6) is 0. The second-order valence-corrected chi connectivity index (χ2v) is 5.43. The lowest BCUT2D eigenvalue weighted by molar-refractivity contribution is 0.602. The lowest BCUT2D eigenvalue weighted by Gasteiger charge is -2.11. The highest BCUT2D eigenvalue weighted by Crippen LogP contribution is 2.14. The Morgan fingerprint density at radius 2 is 1.95 bits per heavy atom. The Morgan fingerprint density at radius 3 is 2.62 bits per heavy atom. The van der Waals surface area contributed by atoms with Gasteiger partial charge in [0.1, 0.15) is 11.6 Å². The van der Waals surface area contributed by atoms with Gasteiger partial charge in [0.05, 0.1) is 6.54 Å². The molecule has 0 aliphatic carbocycles. The van der Waals surface area contributed by atoms with Gasteiger partial charge in [0, 0.05) is 17.3 Å². The van der Waals surface area contributed by atoms with Crippen molar-refractivity contribution in [3.63, 3.8) is 0 Å². The van der Waals surface area contributed by atoms with Gasteiger partial charge in [0.15, 0.2) is 0 Å². The van der Waals surface area contributed by atoms with E-state index in [0.29, 0.717) is 23.7 Å². The first-order valence-electron chi connectivity index (χ1n) is 6.63. The Bertz CT molecular complexity index is 857. The van der Waals surface area contributed by atoms with Crippen LogP contribution in [0.2, 0.25) is 5.02 Å². The van der Waals surface area contributed by atoms with Crippen LogP contribution >= 0.6 is 11.6 Å². The van der Waals surface area contributed by atoms with Crippen LogP contribution in [0.1, 0.15) is 23.2 Å². The van der Waals surface area contributed by atoms with Crippen LogP contribution in [0.25, 0.3) is 0 Å². The average molecular weight is 302 g/mol. The molecule has 6 heteroatoms. The van der Waals surface area contributed by atoms with E-state index in [2.05, 4.69) is 0 Å². The molecule has 0 bridgehead atoms. The fourth-order valence-electron chi connectivity index (χ4n) is 2.66. The lowest BCUT2D eigenvalue weighted by Crippen LogP contribution is -2.41. The number of rotatable bonds is 2. The second kappa shape index (κ2) is 5.23. The van der Waals surface area contributed by atoms with Crippen LogP contribution in [-0.4, -0.2) is 9.13 Å². The van der Waals surface area contributed by atoms with Gasteiger partial charge in [0.2, 0.25) is 0 Å². The Hall–Kier alpha value is -2.32. The molecule has 0 spiro atoms. The number of halogens is 1. The third-order valence-electron chi connectivity index (χ3n) is 3.70. The van der Waals surface area contributed by atoms with E-state index >= 15 is 0 Å². The molecular weight excluding hydrogens is 290 g/mol. The first-order valence-corrected chi connectivity index (χ1v) is 7.00. The summed E-state index contributed by atoms with van der Waals surface area (Å²) in [4.78, 5) is 24.8. The van der Waals surface area contributed by atoms with E-state index in [1.165, 1.54) is 4.57 Å². The summed E-state index contributed by atoms with van der Waals surface area (Å²) < 4.78 is 2.66. The molecule has 1 aliphatic rings. The quantitative estimate of drug-likeness (QED) is 0.845. The van der Waals surface area contributed by atoms with Crippen molar-refractivity contribution < 1.29 is 0 Å². The number of benzene rings is 1. The van der Waals surface area contributed by atoms with Crippen LogP contribution in [0.4, 0.5) is 0 Å². The summed E-state index contributed by atoms with van der Waals surface area (Å²) in [7, 11) is 0. The van der Waals surface area contributed by atoms with Crippen molar-refractivity contribution in [2.75, 3.05) is 0 Å². The van der Waals surface area contributed by atoms with Crippen LogP contribution in [-0.2, 0) is 19.5 Å². The fourth-order valence-corrected chi connectivity index (χ4v) is 2.79. The smallest absolute Gasteiger partial charge is 0.296 e. The normalized spacial score (nSPS) is 13.0. The minimum Gasteiger partial charge on any atom is -0.296 e. The van der Waals surface area contributed by atoms with Crippen LogP contribution in [0.15, 0.2) is 33.9 Å². The number of fused-ring (bicyclic) bond motifs is 1. The van der Waals surface area contributed by atoms with E-state index in [1.54, 1.807) is 24.3 Å². The molecule has 2 heterocycles. The zero-order valence-electron chi connectivity index (χ0n) is 11.2. The molecule has 106 valence electrons. The van der Waals surface area contributed by atoms with Crippen LogP contribution < -0.4 is 11.2 Å². The minimum atomic E-state index is -0.509. The molecule has 0 unspecified atom stereocenters. The van der Waals surface area contributed by atoms with Crippen molar-refractivity contribution in [3.8, 4) is 6.07 Å². The summed E-state index contributed by atoms with van der Waals surface area (Å²) in [6.07, 6.45) is 1.39. The Kier molecular flexibility index (Phi) is 3.40. The zero-order chi connectivity index (χ0) is 15.0. The Labute approximate surface area is 125 Å². The predicted molar refractivity (Wildman–Crippen MR) is 78.6 cm³/mol. The van der Waals surface area contributed by atoms with Crippen LogP contribution in [0.3, 0.4) is 0 Å². The maximum absolute atomic E-state index is 12.4. The molecule has 0 fully saturated rings. The van der Waals surface area contributed by atoms with Crippen molar-refractivity contribution >= 4 is 11.6 Å². The van der Waals surface area contributed by atoms with Gasteiger partial charge >= 0.3 is 5.69 Å². The SMILES string of the molecule is N#Cc1c2n(c(=O)n(Cc3ccc(Cl)cc3)c1=O)CCC2. The van der Waals surface area contributed by atoms with E-state index in [-0.39, 0.29) is 17.8 Å². The van der Waals surface area contributed by atoms with Crippen LogP contribution in [0.5, 0.6) is 0 Å². The fraction of sp³-hybridized carbons (Fsp3) is 0.267. The molecule has 5 nitrogen and oxygen atoms in total. The summed E-state index contributed by atoms with van der Waals surface area (Å²) in [5.41, 5.74) is 0.592. The van der Waals surface area contributed by atoms with E-state index in [4.69, 9.17) is 11.6 Å². The van der Waals surface area contributed by atoms with Gasteiger partial charge < -0.3 is 0 Å². The minimum absolute atomic E-state index is 0.0843. The maximum Gasteiger partial charge on any atom is 0.331 e. The third kappa shape index (κ3) is 2.28. The van der Waals surface area contributed by atoms with Crippen molar-refractivity contribution in [2.24, 2.45) is 0 Å². The molecule has 2 aromatic rings. The summed E-state index contributed by atoms with van der Waals surface area (Å²) >= 11 is 5.82. The Morgan fingerprint density at radius 1 is 1.24 bits per heavy atom. The van der Waals surface area contributed by atoms with Crippen molar-refractivity contribution in [1.82, 2.24) is 9.13 Å². The monoisotopic (exact) mass is 301 g/mol. The molecule has 0 saturated heterocycles. The van der Waals surface area contributed by atoms with Crippen molar-refractivity contribution in [1.29, 1.82) is 5.26 Å². The summed E-state index contributed by atoms with van der Waals surface area (Å²) in [5, 5.41) is 9.80. The molecule has 0 N–H and O–H groups in total. The molecule has 3 rings (SSSR count). The van der Waals surface area contributed by atoms with Gasteiger partial charge in [-0.2, -0.15) is 5.26 Å². The van der Waals surface area contributed by atoms with Crippen molar-refractivity contribution in [3.05, 3.63) is 66.9 Å². The van der Waals surface area contributed by atoms with E-state index in [0.717, 1.165) is 16.6 Å². The molecule has 1 aromatic heterocycles. The molecule has 0 radical (unpaired) electrons. The molecule has 1 aromatic carbocycles. The molecule has 0 atom stereocenters. The molecule has 1 aliphatic heterocycles. The zero-order valence-corrected chi connectivity index (χ0v) is 11.9. The number of hydrogen-bond acceptors (Lipinski definition) is 3. The highest BCUT2D eigenvalue weighted by molar-refractivity contribution is 6.30. The predicted octanol–water partition coefficient (Wildman–Crippen LogP) is 1.53. The second-order valence-electron chi connectivity index (χ2n) is 4.99. The molecule has 21 heavy (non-hydrogen) atoms. The van der Waals surface area contributed by atoms with Gasteiger partial charge in [-0.25, -0.2) is 4.79 Å². The van der Waals surface area contributed by atoms with Crippen LogP contribution in [0, 0.1) is 11.3 Å². The number of nitrogens with zero attached hydrogens (tertiary/aromatic N) is 3. The highest BCUT2D eigenvalue weighted by Gasteiger charge is 2.22. The van der Waals surface area contributed by atoms with E-state index in [1.807, 2.05) is 6.07 Å². The number of nitriles is 1. The first-order chi connectivity index (χ1) is 10.1. The standard InChI is InChI=1S/C15H12ClN3O2/c16-11-5-3-10(4-6-11)9-19-14(20)12(8-17)13-2-1-7-18(13)15(19)21/h3-6H,1-2,7,9H2. The van der Waals surface area contributed by atoms with Crippen molar-refractivity contribution in [2.45, 2.75) is 25.9 Å². The molecule has 0 saturated carbocycles. The molecule has 0 amide bonds. The maximum atomic E-state index is 12.4. The average Bonchev–Trinajstić information content (AvgIpc) is 2.95. The lowest BCUT2D eigenvalue weighted by atomic mass is 10.2. The Balaban J connectivity index is 2.16. The van der Waals surface area contributed by atoms with Gasteiger partial charge in [-0.3, -0.25) is 13.9 Å². The molecular formula is C15H12ClN3O2. The van der Waals surface area contributed by atoms with E-state index in [9.17, 15) is 14.9 Å².